The Balaban J connectivity index is 1.54. The standard InChI is InChI=1S/C18H26O4/c1-16-7-5-12-10(11(16)2-3-14(16)20)4-9-18-15(22-18)13(19)6-8-17(12,18)21/h6,8,10-15,19-21H,2-5,7,9H2,1H3/t10-,11-,12-,13-,14-,15-,16-,17-,18-/m0/s1. The predicted octanol–water partition coefficient (Wildman–Crippen LogP) is 1.38. The molecule has 5 aliphatic rings. The first-order valence-corrected chi connectivity index (χ1v) is 8.88. The zero-order valence-electron chi connectivity index (χ0n) is 13.1. The molecule has 0 amide bonds. The zero-order chi connectivity index (χ0) is 15.3. The van der Waals surface area contributed by atoms with Gasteiger partial charge in [-0.1, -0.05) is 19.1 Å². The van der Waals surface area contributed by atoms with Crippen LogP contribution >= 0.6 is 0 Å². The van der Waals surface area contributed by atoms with Crippen LogP contribution in [-0.4, -0.2) is 44.8 Å². The lowest BCUT2D eigenvalue weighted by molar-refractivity contribution is -0.150. The first-order valence-electron chi connectivity index (χ1n) is 8.88. The van der Waals surface area contributed by atoms with Crippen LogP contribution in [0.15, 0.2) is 12.2 Å². The number of aliphatic hydroxyl groups excluding tert-OH is 2. The highest BCUT2D eigenvalue weighted by molar-refractivity contribution is 5.35. The van der Waals surface area contributed by atoms with Crippen molar-refractivity contribution in [3.8, 4) is 0 Å². The van der Waals surface area contributed by atoms with Gasteiger partial charge in [-0.25, -0.2) is 0 Å². The topological polar surface area (TPSA) is 73.2 Å². The summed E-state index contributed by atoms with van der Waals surface area (Å²) in [5.74, 6) is 1.19. The Morgan fingerprint density at radius 1 is 1.05 bits per heavy atom. The lowest BCUT2D eigenvalue weighted by Crippen LogP contribution is -2.62. The van der Waals surface area contributed by atoms with Crippen LogP contribution in [0.1, 0.15) is 45.4 Å². The molecule has 4 aliphatic carbocycles. The largest absolute Gasteiger partial charge is 0.393 e. The van der Waals surface area contributed by atoms with E-state index in [1.165, 1.54) is 0 Å². The molecule has 22 heavy (non-hydrogen) atoms. The molecular weight excluding hydrogens is 280 g/mol. The number of aliphatic hydroxyl groups is 3. The van der Waals surface area contributed by atoms with Crippen molar-refractivity contribution < 1.29 is 20.1 Å². The average Bonchev–Trinajstić information content (AvgIpc) is 3.17. The molecule has 1 aliphatic heterocycles. The Labute approximate surface area is 131 Å². The molecule has 3 N–H and O–H groups in total. The van der Waals surface area contributed by atoms with E-state index in [0.717, 1.165) is 38.5 Å². The minimum atomic E-state index is -0.922. The van der Waals surface area contributed by atoms with E-state index in [4.69, 9.17) is 4.74 Å². The number of hydrogen-bond donors (Lipinski definition) is 3. The van der Waals surface area contributed by atoms with Crippen LogP contribution in [0.25, 0.3) is 0 Å². The molecule has 1 saturated heterocycles. The van der Waals surface area contributed by atoms with Gasteiger partial charge in [0.25, 0.3) is 0 Å². The molecule has 0 unspecified atom stereocenters. The Bertz CT molecular complexity index is 547. The van der Waals surface area contributed by atoms with Crippen LogP contribution in [0.5, 0.6) is 0 Å². The van der Waals surface area contributed by atoms with Crippen molar-refractivity contribution in [3.63, 3.8) is 0 Å². The van der Waals surface area contributed by atoms with Crippen molar-refractivity contribution in [1.29, 1.82) is 0 Å². The molecular formula is C18H26O4. The van der Waals surface area contributed by atoms with E-state index in [-0.39, 0.29) is 23.5 Å². The lowest BCUT2D eigenvalue weighted by Gasteiger charge is -2.57. The minimum Gasteiger partial charge on any atom is -0.393 e. The van der Waals surface area contributed by atoms with Crippen LogP contribution in [0.2, 0.25) is 0 Å². The molecule has 4 heteroatoms. The minimum absolute atomic E-state index is 0.0315. The maximum absolute atomic E-state index is 11.5. The second kappa shape index (κ2) is 3.97. The SMILES string of the molecule is C[C@]12CC[C@H]3[C@@H](CC[C@]45O[C@H]4[C@@H](O)C=C[C@]35O)[C@@H]1CC[C@@H]2O. The number of hydrogen-bond acceptors (Lipinski definition) is 4. The number of rotatable bonds is 0. The van der Waals surface area contributed by atoms with E-state index < -0.39 is 17.3 Å². The molecule has 4 nitrogen and oxygen atoms in total. The highest BCUT2D eigenvalue weighted by Gasteiger charge is 2.76. The third-order valence-corrected chi connectivity index (χ3v) is 8.08. The second-order valence-corrected chi connectivity index (χ2v) is 8.66. The second-order valence-electron chi connectivity index (χ2n) is 8.66. The van der Waals surface area contributed by atoms with Gasteiger partial charge in [0.1, 0.15) is 23.4 Å². The molecule has 0 aromatic heterocycles. The van der Waals surface area contributed by atoms with Gasteiger partial charge in [0.15, 0.2) is 0 Å². The zero-order valence-corrected chi connectivity index (χ0v) is 13.1. The summed E-state index contributed by atoms with van der Waals surface area (Å²) in [6, 6.07) is 0. The first kappa shape index (κ1) is 14.0. The van der Waals surface area contributed by atoms with Crippen LogP contribution in [0.3, 0.4) is 0 Å². The van der Waals surface area contributed by atoms with E-state index in [0.29, 0.717) is 11.8 Å². The molecule has 5 rings (SSSR count). The van der Waals surface area contributed by atoms with Crippen molar-refractivity contribution in [2.75, 3.05) is 0 Å². The third kappa shape index (κ3) is 1.36. The summed E-state index contributed by atoms with van der Waals surface area (Å²) >= 11 is 0. The van der Waals surface area contributed by atoms with Gasteiger partial charge in [0, 0.05) is 0 Å². The number of ether oxygens (including phenoxy) is 1. The van der Waals surface area contributed by atoms with E-state index in [9.17, 15) is 15.3 Å². The van der Waals surface area contributed by atoms with Gasteiger partial charge < -0.3 is 20.1 Å². The summed E-state index contributed by atoms with van der Waals surface area (Å²) in [5.41, 5.74) is -1.42. The van der Waals surface area contributed by atoms with E-state index in [1.54, 1.807) is 6.08 Å². The first-order chi connectivity index (χ1) is 10.4. The van der Waals surface area contributed by atoms with E-state index in [2.05, 4.69) is 6.92 Å². The Morgan fingerprint density at radius 2 is 1.86 bits per heavy atom. The monoisotopic (exact) mass is 306 g/mol. The average molecular weight is 306 g/mol. The summed E-state index contributed by atoms with van der Waals surface area (Å²) < 4.78 is 5.88. The van der Waals surface area contributed by atoms with Crippen LogP contribution in [0, 0.1) is 23.2 Å². The summed E-state index contributed by atoms with van der Waals surface area (Å²) in [5, 5.41) is 32.0. The van der Waals surface area contributed by atoms with Crippen molar-refractivity contribution in [1.82, 2.24) is 0 Å². The molecule has 3 saturated carbocycles. The van der Waals surface area contributed by atoms with Gasteiger partial charge in [0.2, 0.25) is 0 Å². The summed E-state index contributed by atoms with van der Waals surface area (Å²) in [6.45, 7) is 2.25. The van der Waals surface area contributed by atoms with Crippen molar-refractivity contribution in [2.45, 2.75) is 75.0 Å². The van der Waals surface area contributed by atoms with Gasteiger partial charge in [-0.2, -0.15) is 0 Å². The van der Waals surface area contributed by atoms with Gasteiger partial charge in [-0.3, -0.25) is 0 Å². The third-order valence-electron chi connectivity index (χ3n) is 8.08. The normalized spacial score (nSPS) is 65.3. The summed E-state index contributed by atoms with van der Waals surface area (Å²) in [4.78, 5) is 0. The van der Waals surface area contributed by atoms with Gasteiger partial charge in [-0.15, -0.1) is 0 Å². The maximum atomic E-state index is 11.5. The molecule has 0 radical (unpaired) electrons. The lowest BCUT2D eigenvalue weighted by atomic mass is 9.49. The highest BCUT2D eigenvalue weighted by atomic mass is 16.6. The molecule has 1 heterocycles. The van der Waals surface area contributed by atoms with Crippen LogP contribution < -0.4 is 0 Å². The number of fused-ring (bicyclic) bond motifs is 4. The van der Waals surface area contributed by atoms with Gasteiger partial charge in [0.05, 0.1) is 6.10 Å². The van der Waals surface area contributed by atoms with Gasteiger partial charge in [-0.05, 0) is 61.7 Å². The fourth-order valence-corrected chi connectivity index (χ4v) is 6.78. The quantitative estimate of drug-likeness (QED) is 0.467. The van der Waals surface area contributed by atoms with Gasteiger partial charge >= 0.3 is 0 Å². The van der Waals surface area contributed by atoms with Crippen molar-refractivity contribution >= 4 is 0 Å². The maximum Gasteiger partial charge on any atom is 0.130 e. The van der Waals surface area contributed by atoms with E-state index >= 15 is 0 Å². The summed E-state index contributed by atoms with van der Waals surface area (Å²) in [7, 11) is 0. The Morgan fingerprint density at radius 3 is 2.68 bits per heavy atom. The van der Waals surface area contributed by atoms with Crippen LogP contribution in [-0.2, 0) is 4.74 Å². The van der Waals surface area contributed by atoms with Crippen molar-refractivity contribution in [3.05, 3.63) is 12.2 Å². The Kier molecular flexibility index (Phi) is 2.52. The van der Waals surface area contributed by atoms with E-state index in [1.807, 2.05) is 6.08 Å². The van der Waals surface area contributed by atoms with Crippen molar-refractivity contribution in [2.24, 2.45) is 23.2 Å². The highest BCUT2D eigenvalue weighted by Crippen LogP contribution is 2.68. The molecule has 0 bridgehead atoms. The number of epoxide rings is 1. The summed E-state index contributed by atoms with van der Waals surface area (Å²) in [6.07, 6.45) is 8.41. The molecule has 9 atom stereocenters. The molecule has 0 aromatic rings. The molecule has 4 fully saturated rings. The predicted molar refractivity (Wildman–Crippen MR) is 80.0 cm³/mol. The fourth-order valence-electron chi connectivity index (χ4n) is 6.78. The Hall–Kier alpha value is -0.420. The molecule has 0 aromatic carbocycles. The molecule has 1 spiro atoms. The van der Waals surface area contributed by atoms with Crippen LogP contribution in [0.4, 0.5) is 0 Å². The molecule has 122 valence electrons. The smallest absolute Gasteiger partial charge is 0.130 e. The fraction of sp³-hybridized carbons (Fsp3) is 0.889.